The van der Waals surface area contributed by atoms with Crippen molar-refractivity contribution in [3.05, 3.63) is 29.3 Å². The molecule has 1 aliphatic carbocycles. The molecule has 2 unspecified atom stereocenters. The topological polar surface area (TPSA) is 42.9 Å². The lowest BCUT2D eigenvalue weighted by atomic mass is 10.2. The van der Waals surface area contributed by atoms with E-state index in [1.807, 2.05) is 19.2 Å². The number of guanidine groups is 1. The Morgan fingerprint density at radius 1 is 1.28 bits per heavy atom. The zero-order valence-corrected chi connectivity index (χ0v) is 16.1. The molecular weight excluding hydrogens is 334 g/mol. The van der Waals surface area contributed by atoms with E-state index in [1.165, 1.54) is 12.1 Å². The fourth-order valence-electron chi connectivity index (χ4n) is 3.31. The average molecular weight is 364 g/mol. The van der Waals surface area contributed by atoms with Gasteiger partial charge in [-0.3, -0.25) is 9.89 Å². The van der Waals surface area contributed by atoms with E-state index in [1.54, 1.807) is 0 Å². The van der Waals surface area contributed by atoms with Crippen molar-refractivity contribution in [1.82, 2.24) is 15.5 Å². The fraction of sp³-hybridized carbons (Fsp3) is 0.632. The van der Waals surface area contributed by atoms with Crippen LogP contribution >= 0.6 is 11.6 Å². The van der Waals surface area contributed by atoms with Crippen molar-refractivity contribution in [2.75, 3.05) is 51.2 Å². The van der Waals surface area contributed by atoms with Crippen LogP contribution in [0.3, 0.4) is 0 Å². The van der Waals surface area contributed by atoms with Crippen LogP contribution in [0.15, 0.2) is 29.3 Å². The zero-order chi connectivity index (χ0) is 17.6. The predicted octanol–water partition coefficient (Wildman–Crippen LogP) is 2.43. The summed E-state index contributed by atoms with van der Waals surface area (Å²) in [5.74, 6) is 1.73. The highest BCUT2D eigenvalue weighted by Gasteiger charge is 2.33. The lowest BCUT2D eigenvalue weighted by Gasteiger charge is -2.36. The smallest absolute Gasteiger partial charge is 0.191 e. The maximum Gasteiger partial charge on any atom is 0.191 e. The summed E-state index contributed by atoms with van der Waals surface area (Å²) in [7, 11) is 1.84. The molecule has 3 rings (SSSR count). The third kappa shape index (κ3) is 5.51. The molecule has 2 aliphatic rings. The second-order valence-corrected chi connectivity index (χ2v) is 7.56. The van der Waals surface area contributed by atoms with Gasteiger partial charge in [-0.15, -0.1) is 0 Å². The number of nitrogens with zero attached hydrogens (tertiary/aromatic N) is 3. The van der Waals surface area contributed by atoms with Crippen LogP contribution in [0.2, 0.25) is 5.02 Å². The van der Waals surface area contributed by atoms with Crippen molar-refractivity contribution in [1.29, 1.82) is 0 Å². The van der Waals surface area contributed by atoms with Crippen LogP contribution in [0.1, 0.15) is 19.8 Å². The van der Waals surface area contributed by atoms with Gasteiger partial charge >= 0.3 is 0 Å². The van der Waals surface area contributed by atoms with Gasteiger partial charge in [0, 0.05) is 56.5 Å². The van der Waals surface area contributed by atoms with Crippen LogP contribution < -0.4 is 15.5 Å². The Balaban J connectivity index is 1.31. The predicted molar refractivity (Wildman–Crippen MR) is 107 cm³/mol. The summed E-state index contributed by atoms with van der Waals surface area (Å²) in [6.45, 7) is 8.72. The van der Waals surface area contributed by atoms with Gasteiger partial charge in [0.05, 0.1) is 0 Å². The third-order valence-electron chi connectivity index (χ3n) is 5.14. The molecule has 2 atom stereocenters. The van der Waals surface area contributed by atoms with Gasteiger partial charge in [0.25, 0.3) is 0 Å². The minimum Gasteiger partial charge on any atom is -0.369 e. The van der Waals surface area contributed by atoms with E-state index >= 15 is 0 Å². The van der Waals surface area contributed by atoms with E-state index < -0.39 is 0 Å². The summed E-state index contributed by atoms with van der Waals surface area (Å²) >= 11 is 6.10. The van der Waals surface area contributed by atoms with Crippen molar-refractivity contribution in [3.63, 3.8) is 0 Å². The number of rotatable bonds is 6. The SMILES string of the molecule is CN=C(NCCCN1CCN(c2cccc(Cl)c2)CC1)NC1CC1C. The molecule has 0 bridgehead atoms. The monoisotopic (exact) mass is 363 g/mol. The fourth-order valence-corrected chi connectivity index (χ4v) is 3.49. The first-order valence-electron chi connectivity index (χ1n) is 9.36. The molecule has 1 aliphatic heterocycles. The van der Waals surface area contributed by atoms with Crippen molar-refractivity contribution >= 4 is 23.2 Å². The van der Waals surface area contributed by atoms with Crippen LogP contribution in [-0.4, -0.2) is 63.2 Å². The summed E-state index contributed by atoms with van der Waals surface area (Å²) in [5, 5.41) is 7.71. The van der Waals surface area contributed by atoms with E-state index in [4.69, 9.17) is 11.6 Å². The zero-order valence-electron chi connectivity index (χ0n) is 15.3. The molecule has 1 saturated carbocycles. The second-order valence-electron chi connectivity index (χ2n) is 7.12. The maximum atomic E-state index is 6.10. The van der Waals surface area contributed by atoms with Crippen molar-refractivity contribution in [2.24, 2.45) is 10.9 Å². The van der Waals surface area contributed by atoms with Crippen molar-refractivity contribution < 1.29 is 0 Å². The number of anilines is 1. The van der Waals surface area contributed by atoms with E-state index in [2.05, 4.69) is 44.5 Å². The largest absolute Gasteiger partial charge is 0.369 e. The first kappa shape index (κ1) is 18.3. The van der Waals surface area contributed by atoms with E-state index in [0.717, 1.165) is 62.6 Å². The van der Waals surface area contributed by atoms with Gasteiger partial charge in [-0.05, 0) is 43.5 Å². The molecule has 1 aromatic carbocycles. The second kappa shape index (κ2) is 8.77. The Kier molecular flexibility index (Phi) is 6.43. The molecule has 1 heterocycles. The third-order valence-corrected chi connectivity index (χ3v) is 5.38. The highest BCUT2D eigenvalue weighted by molar-refractivity contribution is 6.30. The number of hydrogen-bond donors (Lipinski definition) is 2. The number of nitrogens with one attached hydrogen (secondary N) is 2. The summed E-state index contributed by atoms with van der Waals surface area (Å²) < 4.78 is 0. The van der Waals surface area contributed by atoms with Crippen LogP contribution in [0.4, 0.5) is 5.69 Å². The summed E-state index contributed by atoms with van der Waals surface area (Å²) in [4.78, 5) is 9.26. The Bertz CT molecular complexity index is 583. The number of piperazine rings is 1. The summed E-state index contributed by atoms with van der Waals surface area (Å²) in [6, 6.07) is 8.77. The molecular formula is C19H30ClN5. The standard InChI is InChI=1S/C19H30ClN5/c1-15-13-18(15)23-19(21-2)22-7-4-8-24-9-11-25(12-10-24)17-6-3-5-16(20)14-17/h3,5-6,14-15,18H,4,7-13H2,1-2H3,(H2,21,22,23). The molecule has 0 amide bonds. The summed E-state index contributed by atoms with van der Waals surface area (Å²) in [5.41, 5.74) is 1.23. The lowest BCUT2D eigenvalue weighted by molar-refractivity contribution is 0.255. The average Bonchev–Trinajstić information content (AvgIpc) is 3.33. The van der Waals surface area contributed by atoms with E-state index in [0.29, 0.717) is 6.04 Å². The van der Waals surface area contributed by atoms with Gasteiger partial charge in [0.1, 0.15) is 0 Å². The van der Waals surface area contributed by atoms with E-state index in [-0.39, 0.29) is 0 Å². The maximum absolute atomic E-state index is 6.10. The van der Waals surface area contributed by atoms with Gasteiger partial charge in [0.2, 0.25) is 0 Å². The molecule has 25 heavy (non-hydrogen) atoms. The highest BCUT2D eigenvalue weighted by atomic mass is 35.5. The van der Waals surface area contributed by atoms with Crippen LogP contribution in [-0.2, 0) is 0 Å². The minimum atomic E-state index is 0.616. The quantitative estimate of drug-likeness (QED) is 0.463. The molecule has 5 nitrogen and oxygen atoms in total. The van der Waals surface area contributed by atoms with Crippen molar-refractivity contribution in [3.8, 4) is 0 Å². The summed E-state index contributed by atoms with van der Waals surface area (Å²) in [6.07, 6.45) is 2.40. The van der Waals surface area contributed by atoms with E-state index in [9.17, 15) is 0 Å². The normalized spacial score (nSPS) is 24.3. The van der Waals surface area contributed by atoms with Crippen LogP contribution in [0, 0.1) is 5.92 Å². The molecule has 0 spiro atoms. The molecule has 0 aromatic heterocycles. The molecule has 2 N–H and O–H groups in total. The van der Waals surface area contributed by atoms with Gasteiger partial charge in [0.15, 0.2) is 5.96 Å². The molecule has 1 aromatic rings. The van der Waals surface area contributed by atoms with Gasteiger partial charge in [-0.1, -0.05) is 24.6 Å². The number of hydrogen-bond acceptors (Lipinski definition) is 3. The lowest BCUT2D eigenvalue weighted by Crippen LogP contribution is -2.47. The molecule has 2 fully saturated rings. The first-order chi connectivity index (χ1) is 12.2. The Labute approximate surface area is 156 Å². The number of aliphatic imine (C=N–C) groups is 1. The molecule has 138 valence electrons. The number of halogens is 1. The molecule has 6 heteroatoms. The van der Waals surface area contributed by atoms with Crippen molar-refractivity contribution in [2.45, 2.75) is 25.8 Å². The van der Waals surface area contributed by atoms with Gasteiger partial charge in [-0.2, -0.15) is 0 Å². The Hall–Kier alpha value is -1.46. The highest BCUT2D eigenvalue weighted by Crippen LogP contribution is 2.28. The van der Waals surface area contributed by atoms with Gasteiger partial charge < -0.3 is 15.5 Å². The van der Waals surface area contributed by atoms with Gasteiger partial charge in [-0.25, -0.2) is 0 Å². The van der Waals surface area contributed by atoms with Crippen LogP contribution in [0.25, 0.3) is 0 Å². The van der Waals surface area contributed by atoms with Crippen LogP contribution in [0.5, 0.6) is 0 Å². The number of benzene rings is 1. The first-order valence-corrected chi connectivity index (χ1v) is 9.73. The molecule has 0 radical (unpaired) electrons. The Morgan fingerprint density at radius 3 is 2.68 bits per heavy atom. The molecule has 1 saturated heterocycles. The minimum absolute atomic E-state index is 0.616. The Morgan fingerprint density at radius 2 is 2.04 bits per heavy atom.